The number of nitrogens with two attached hydrogens (primary N) is 1. The lowest BCUT2D eigenvalue weighted by atomic mass is 9.96. The number of carboxylic acid groups (broad SMARTS) is 2. The summed E-state index contributed by atoms with van der Waals surface area (Å²) in [5.41, 5.74) is 7.78. The summed E-state index contributed by atoms with van der Waals surface area (Å²) in [7, 11) is 0. The molecule has 9 N–H and O–H groups in total. The minimum atomic E-state index is -1.48. The molecule has 3 amide bonds. The molecule has 1 aromatic carbocycles. The number of aliphatic hydroxyl groups is 1. The molecule has 39 heavy (non-hydrogen) atoms. The van der Waals surface area contributed by atoms with Gasteiger partial charge in [-0.05, 0) is 37.3 Å². The SMILES string of the molecule is CCC(C)C(NC(=O)C(NC(=O)C(N)Cc1c[nH]c2ccccc12)C(C)O)C(=O)NC(CCC(=O)O)C(=O)O. The van der Waals surface area contributed by atoms with Gasteiger partial charge in [0.15, 0.2) is 0 Å². The third-order valence-corrected chi connectivity index (χ3v) is 6.57. The first-order valence-corrected chi connectivity index (χ1v) is 12.7. The molecule has 6 unspecified atom stereocenters. The zero-order chi connectivity index (χ0) is 29.3. The summed E-state index contributed by atoms with van der Waals surface area (Å²) in [4.78, 5) is 64.3. The Bertz CT molecular complexity index is 1180. The number of amides is 3. The van der Waals surface area contributed by atoms with E-state index in [0.717, 1.165) is 16.5 Å². The van der Waals surface area contributed by atoms with Gasteiger partial charge < -0.3 is 42.0 Å². The van der Waals surface area contributed by atoms with Gasteiger partial charge in [-0.2, -0.15) is 0 Å². The summed E-state index contributed by atoms with van der Waals surface area (Å²) in [5.74, 6) is -5.49. The molecule has 1 aromatic heterocycles. The molecule has 0 aliphatic carbocycles. The molecule has 13 nitrogen and oxygen atoms in total. The van der Waals surface area contributed by atoms with Gasteiger partial charge >= 0.3 is 11.9 Å². The van der Waals surface area contributed by atoms with Crippen LogP contribution in [-0.4, -0.2) is 80.2 Å². The van der Waals surface area contributed by atoms with Crippen LogP contribution in [0.2, 0.25) is 0 Å². The predicted molar refractivity (Wildman–Crippen MR) is 141 cm³/mol. The standard InChI is InChI=1S/C26H37N5O8/c1-4-13(2)21(24(36)29-19(26(38)39)9-10-20(33)34)30-25(37)22(14(3)32)31-23(35)17(27)11-15-12-28-18-8-6-5-7-16(15)18/h5-8,12-14,17,19,21-22,28,32H,4,9-11,27H2,1-3H3,(H,29,36)(H,30,37)(H,31,35)(H,33,34)(H,38,39). The number of hydrogen-bond donors (Lipinski definition) is 8. The Labute approximate surface area is 225 Å². The molecule has 0 saturated carbocycles. The van der Waals surface area contributed by atoms with Gasteiger partial charge in [-0.15, -0.1) is 0 Å². The minimum absolute atomic E-state index is 0.162. The van der Waals surface area contributed by atoms with E-state index in [0.29, 0.717) is 6.42 Å². The second kappa shape index (κ2) is 14.3. The van der Waals surface area contributed by atoms with E-state index in [4.69, 9.17) is 10.8 Å². The van der Waals surface area contributed by atoms with Crippen molar-refractivity contribution in [1.82, 2.24) is 20.9 Å². The second-order valence-electron chi connectivity index (χ2n) is 9.60. The topological polar surface area (TPSA) is 224 Å². The van der Waals surface area contributed by atoms with Gasteiger partial charge in [0.25, 0.3) is 0 Å². The number of hydrogen-bond acceptors (Lipinski definition) is 7. The van der Waals surface area contributed by atoms with Crippen LogP contribution in [0.5, 0.6) is 0 Å². The quantitative estimate of drug-likeness (QED) is 0.148. The Morgan fingerprint density at radius 1 is 0.949 bits per heavy atom. The number of carboxylic acids is 2. The fourth-order valence-electron chi connectivity index (χ4n) is 4.03. The van der Waals surface area contributed by atoms with E-state index < -0.39 is 72.3 Å². The monoisotopic (exact) mass is 547 g/mol. The molecular formula is C26H37N5O8. The van der Waals surface area contributed by atoms with Gasteiger partial charge in [-0.3, -0.25) is 19.2 Å². The molecule has 13 heteroatoms. The molecule has 2 aromatic rings. The van der Waals surface area contributed by atoms with Crippen LogP contribution in [0.15, 0.2) is 30.5 Å². The Hall–Kier alpha value is -3.97. The summed E-state index contributed by atoms with van der Waals surface area (Å²) in [6.07, 6.45) is 0.149. The van der Waals surface area contributed by atoms with Crippen molar-refractivity contribution >= 4 is 40.6 Å². The van der Waals surface area contributed by atoms with E-state index in [-0.39, 0.29) is 12.8 Å². The molecule has 214 valence electrons. The second-order valence-corrected chi connectivity index (χ2v) is 9.60. The molecule has 0 spiro atoms. The lowest BCUT2D eigenvalue weighted by Gasteiger charge is -2.29. The zero-order valence-electron chi connectivity index (χ0n) is 22.1. The Morgan fingerprint density at radius 3 is 2.15 bits per heavy atom. The van der Waals surface area contributed by atoms with E-state index in [1.165, 1.54) is 6.92 Å². The number of fused-ring (bicyclic) bond motifs is 1. The Balaban J connectivity index is 2.11. The Morgan fingerprint density at radius 2 is 1.56 bits per heavy atom. The molecule has 0 saturated heterocycles. The summed E-state index contributed by atoms with van der Waals surface area (Å²) in [5, 5.41) is 36.6. The lowest BCUT2D eigenvalue weighted by Crippen LogP contribution is -2.61. The number of aliphatic carboxylic acids is 2. The van der Waals surface area contributed by atoms with Crippen molar-refractivity contribution in [3.05, 3.63) is 36.0 Å². The highest BCUT2D eigenvalue weighted by Gasteiger charge is 2.34. The highest BCUT2D eigenvalue weighted by atomic mass is 16.4. The van der Waals surface area contributed by atoms with Crippen molar-refractivity contribution in [1.29, 1.82) is 0 Å². The maximum atomic E-state index is 13.1. The number of benzene rings is 1. The van der Waals surface area contributed by atoms with Gasteiger partial charge in [-0.1, -0.05) is 38.5 Å². The van der Waals surface area contributed by atoms with Crippen molar-refractivity contribution in [3.8, 4) is 0 Å². The minimum Gasteiger partial charge on any atom is -0.481 e. The molecule has 6 atom stereocenters. The summed E-state index contributed by atoms with van der Waals surface area (Å²) in [6, 6.07) is 2.30. The number of carbonyl (C=O) groups excluding carboxylic acids is 3. The van der Waals surface area contributed by atoms with Gasteiger partial charge in [0.2, 0.25) is 17.7 Å². The van der Waals surface area contributed by atoms with E-state index in [1.54, 1.807) is 20.0 Å². The van der Waals surface area contributed by atoms with Crippen LogP contribution in [0.1, 0.15) is 45.6 Å². The summed E-state index contributed by atoms with van der Waals surface area (Å²) >= 11 is 0. The van der Waals surface area contributed by atoms with Crippen molar-refractivity contribution in [2.45, 2.75) is 76.7 Å². The third kappa shape index (κ3) is 8.79. The normalized spacial score (nSPS) is 15.8. The number of para-hydroxylation sites is 1. The van der Waals surface area contributed by atoms with Crippen LogP contribution in [0.4, 0.5) is 0 Å². The molecule has 1 heterocycles. The van der Waals surface area contributed by atoms with Crippen molar-refractivity contribution in [2.24, 2.45) is 11.7 Å². The van der Waals surface area contributed by atoms with Crippen LogP contribution < -0.4 is 21.7 Å². The molecule has 0 aliphatic heterocycles. The smallest absolute Gasteiger partial charge is 0.326 e. The largest absolute Gasteiger partial charge is 0.481 e. The number of nitrogens with one attached hydrogen (secondary N) is 4. The third-order valence-electron chi connectivity index (χ3n) is 6.57. The molecule has 0 radical (unpaired) electrons. The average Bonchev–Trinajstić information content (AvgIpc) is 3.29. The van der Waals surface area contributed by atoms with E-state index >= 15 is 0 Å². The van der Waals surface area contributed by atoms with Crippen LogP contribution in [0.3, 0.4) is 0 Å². The summed E-state index contributed by atoms with van der Waals surface area (Å²) < 4.78 is 0. The highest BCUT2D eigenvalue weighted by molar-refractivity contribution is 5.95. The first kappa shape index (κ1) is 31.2. The van der Waals surface area contributed by atoms with E-state index in [9.17, 15) is 34.2 Å². The van der Waals surface area contributed by atoms with Crippen molar-refractivity contribution < 1.29 is 39.3 Å². The number of aromatic amines is 1. The fourth-order valence-corrected chi connectivity index (χ4v) is 4.03. The first-order valence-electron chi connectivity index (χ1n) is 12.7. The predicted octanol–water partition coefficient (Wildman–Crippen LogP) is -0.132. The van der Waals surface area contributed by atoms with Crippen LogP contribution in [-0.2, 0) is 30.4 Å². The van der Waals surface area contributed by atoms with Crippen LogP contribution in [0.25, 0.3) is 10.9 Å². The van der Waals surface area contributed by atoms with Crippen molar-refractivity contribution in [3.63, 3.8) is 0 Å². The first-order chi connectivity index (χ1) is 18.3. The number of aromatic nitrogens is 1. The van der Waals surface area contributed by atoms with Gasteiger partial charge in [0.05, 0.1) is 12.1 Å². The van der Waals surface area contributed by atoms with Gasteiger partial charge in [0, 0.05) is 23.5 Å². The van der Waals surface area contributed by atoms with E-state index in [2.05, 4.69) is 20.9 Å². The molecule has 0 aliphatic rings. The lowest BCUT2D eigenvalue weighted by molar-refractivity contribution is -0.144. The molecule has 0 fully saturated rings. The Kier molecular flexibility index (Phi) is 11.4. The van der Waals surface area contributed by atoms with Crippen molar-refractivity contribution in [2.75, 3.05) is 0 Å². The number of H-pyrrole nitrogens is 1. The average molecular weight is 548 g/mol. The van der Waals surface area contributed by atoms with Crippen LogP contribution in [0, 0.1) is 5.92 Å². The number of rotatable bonds is 15. The molecule has 0 bridgehead atoms. The number of aliphatic hydroxyl groups excluding tert-OH is 1. The maximum absolute atomic E-state index is 13.1. The van der Waals surface area contributed by atoms with Crippen LogP contribution >= 0.6 is 0 Å². The van der Waals surface area contributed by atoms with E-state index in [1.807, 2.05) is 24.3 Å². The molecule has 2 rings (SSSR count). The van der Waals surface area contributed by atoms with Gasteiger partial charge in [-0.25, -0.2) is 4.79 Å². The summed E-state index contributed by atoms with van der Waals surface area (Å²) in [6.45, 7) is 4.71. The number of carbonyl (C=O) groups is 5. The maximum Gasteiger partial charge on any atom is 0.326 e. The zero-order valence-corrected chi connectivity index (χ0v) is 22.1. The molecular weight excluding hydrogens is 510 g/mol. The highest BCUT2D eigenvalue weighted by Crippen LogP contribution is 2.19. The fraction of sp³-hybridized carbons (Fsp3) is 0.500. The van der Waals surface area contributed by atoms with Gasteiger partial charge in [0.1, 0.15) is 18.1 Å².